The summed E-state index contributed by atoms with van der Waals surface area (Å²) < 4.78 is 25.3. The fourth-order valence-corrected chi connectivity index (χ4v) is 2.23. The highest BCUT2D eigenvalue weighted by atomic mass is 32.2. The number of thioether (sulfide) groups is 1. The SMILES string of the molecule is Fc1ccc(NCCSc2ccc(F)cc2)cc1. The van der Waals surface area contributed by atoms with Crippen LogP contribution in [0.25, 0.3) is 0 Å². The normalized spacial score (nSPS) is 10.3. The van der Waals surface area contributed by atoms with Gasteiger partial charge in [0.05, 0.1) is 0 Å². The van der Waals surface area contributed by atoms with Crippen molar-refractivity contribution in [3.8, 4) is 0 Å². The second-order valence-corrected chi connectivity index (χ2v) is 4.90. The van der Waals surface area contributed by atoms with Crippen LogP contribution in [0.4, 0.5) is 14.5 Å². The third kappa shape index (κ3) is 4.04. The smallest absolute Gasteiger partial charge is 0.123 e. The standard InChI is InChI=1S/C14H13F2NS/c15-11-1-5-13(6-2-11)17-9-10-18-14-7-3-12(16)4-8-14/h1-8,17H,9-10H2. The van der Waals surface area contributed by atoms with Gasteiger partial charge in [-0.2, -0.15) is 0 Å². The van der Waals surface area contributed by atoms with Gasteiger partial charge in [0.1, 0.15) is 11.6 Å². The Hall–Kier alpha value is -1.55. The Morgan fingerprint density at radius 1 is 0.833 bits per heavy atom. The van der Waals surface area contributed by atoms with Crippen molar-refractivity contribution in [1.29, 1.82) is 0 Å². The lowest BCUT2D eigenvalue weighted by atomic mass is 10.3. The zero-order valence-electron chi connectivity index (χ0n) is 9.70. The molecule has 0 aliphatic rings. The van der Waals surface area contributed by atoms with Gasteiger partial charge < -0.3 is 5.32 Å². The van der Waals surface area contributed by atoms with Gasteiger partial charge in [0.25, 0.3) is 0 Å². The third-order valence-electron chi connectivity index (χ3n) is 2.36. The molecule has 94 valence electrons. The summed E-state index contributed by atoms with van der Waals surface area (Å²) in [5.41, 5.74) is 0.899. The summed E-state index contributed by atoms with van der Waals surface area (Å²) in [7, 11) is 0. The van der Waals surface area contributed by atoms with Gasteiger partial charge in [-0.25, -0.2) is 8.78 Å². The van der Waals surface area contributed by atoms with Crippen molar-refractivity contribution < 1.29 is 8.78 Å². The van der Waals surface area contributed by atoms with Crippen molar-refractivity contribution in [3.63, 3.8) is 0 Å². The minimum atomic E-state index is -0.235. The first kappa shape index (κ1) is 12.9. The molecule has 0 bridgehead atoms. The fraction of sp³-hybridized carbons (Fsp3) is 0.143. The monoisotopic (exact) mass is 265 g/mol. The van der Waals surface area contributed by atoms with Crippen molar-refractivity contribution in [1.82, 2.24) is 0 Å². The molecule has 2 aromatic rings. The van der Waals surface area contributed by atoms with Crippen LogP contribution < -0.4 is 5.32 Å². The van der Waals surface area contributed by atoms with E-state index in [1.54, 1.807) is 36.0 Å². The number of rotatable bonds is 5. The molecule has 0 aliphatic heterocycles. The maximum absolute atomic E-state index is 12.7. The molecule has 0 saturated carbocycles. The highest BCUT2D eigenvalue weighted by Gasteiger charge is 1.96. The first-order chi connectivity index (χ1) is 8.74. The zero-order chi connectivity index (χ0) is 12.8. The molecule has 1 nitrogen and oxygen atoms in total. The molecular formula is C14H13F2NS. The van der Waals surface area contributed by atoms with E-state index in [0.717, 1.165) is 22.9 Å². The van der Waals surface area contributed by atoms with E-state index >= 15 is 0 Å². The molecule has 0 aromatic heterocycles. The van der Waals surface area contributed by atoms with E-state index in [-0.39, 0.29) is 11.6 Å². The Balaban J connectivity index is 1.73. The summed E-state index contributed by atoms with van der Waals surface area (Å²) in [5.74, 6) is 0.410. The molecule has 1 N–H and O–H groups in total. The highest BCUT2D eigenvalue weighted by molar-refractivity contribution is 7.99. The van der Waals surface area contributed by atoms with Gasteiger partial charge in [-0.1, -0.05) is 0 Å². The Morgan fingerprint density at radius 2 is 1.39 bits per heavy atom. The van der Waals surface area contributed by atoms with Crippen molar-refractivity contribution in [2.75, 3.05) is 17.6 Å². The zero-order valence-corrected chi connectivity index (χ0v) is 10.5. The van der Waals surface area contributed by atoms with E-state index in [0.29, 0.717) is 0 Å². The maximum Gasteiger partial charge on any atom is 0.123 e. The largest absolute Gasteiger partial charge is 0.384 e. The average molecular weight is 265 g/mol. The lowest BCUT2D eigenvalue weighted by Crippen LogP contribution is -2.03. The number of nitrogens with one attached hydrogen (secondary N) is 1. The molecule has 0 radical (unpaired) electrons. The predicted molar refractivity (Wildman–Crippen MR) is 72.0 cm³/mol. The van der Waals surface area contributed by atoms with Crippen molar-refractivity contribution in [2.24, 2.45) is 0 Å². The molecular weight excluding hydrogens is 252 g/mol. The van der Waals surface area contributed by atoms with Gasteiger partial charge in [-0.05, 0) is 48.5 Å². The van der Waals surface area contributed by atoms with Crippen LogP contribution in [0.15, 0.2) is 53.4 Å². The van der Waals surface area contributed by atoms with Crippen LogP contribution in [-0.2, 0) is 0 Å². The van der Waals surface area contributed by atoms with Crippen molar-refractivity contribution in [3.05, 3.63) is 60.2 Å². The lowest BCUT2D eigenvalue weighted by molar-refractivity contribution is 0.626. The summed E-state index contributed by atoms with van der Waals surface area (Å²) in [4.78, 5) is 1.04. The molecule has 0 fully saturated rings. The van der Waals surface area contributed by atoms with E-state index in [1.165, 1.54) is 24.3 Å². The number of benzene rings is 2. The second kappa shape index (κ2) is 6.40. The fourth-order valence-electron chi connectivity index (χ4n) is 1.46. The number of hydrogen-bond donors (Lipinski definition) is 1. The highest BCUT2D eigenvalue weighted by Crippen LogP contribution is 2.18. The molecule has 2 rings (SSSR count). The van der Waals surface area contributed by atoms with Crippen LogP contribution in [0.3, 0.4) is 0 Å². The van der Waals surface area contributed by atoms with Gasteiger partial charge >= 0.3 is 0 Å². The summed E-state index contributed by atoms with van der Waals surface area (Å²) in [5, 5.41) is 3.19. The summed E-state index contributed by atoms with van der Waals surface area (Å²) in [6, 6.07) is 12.7. The van der Waals surface area contributed by atoms with E-state index in [2.05, 4.69) is 5.32 Å². The Bertz CT molecular complexity index is 435. The van der Waals surface area contributed by atoms with Gasteiger partial charge in [-0.15, -0.1) is 11.8 Å². The van der Waals surface area contributed by atoms with Crippen LogP contribution in [-0.4, -0.2) is 12.3 Å². The van der Waals surface area contributed by atoms with Crippen molar-refractivity contribution in [2.45, 2.75) is 4.90 Å². The molecule has 2 aromatic carbocycles. The van der Waals surface area contributed by atoms with Crippen LogP contribution in [0.1, 0.15) is 0 Å². The van der Waals surface area contributed by atoms with E-state index < -0.39 is 0 Å². The van der Waals surface area contributed by atoms with Crippen LogP contribution in [0, 0.1) is 11.6 Å². The Labute approximate surface area is 109 Å². The van der Waals surface area contributed by atoms with E-state index in [9.17, 15) is 8.78 Å². The Morgan fingerprint density at radius 3 is 2.00 bits per heavy atom. The van der Waals surface area contributed by atoms with E-state index in [4.69, 9.17) is 0 Å². The van der Waals surface area contributed by atoms with Gasteiger partial charge in [0, 0.05) is 22.9 Å². The van der Waals surface area contributed by atoms with E-state index in [1.807, 2.05) is 0 Å². The minimum absolute atomic E-state index is 0.219. The van der Waals surface area contributed by atoms with Crippen LogP contribution in [0.5, 0.6) is 0 Å². The van der Waals surface area contributed by atoms with Gasteiger partial charge in [-0.3, -0.25) is 0 Å². The molecule has 0 aliphatic carbocycles. The van der Waals surface area contributed by atoms with Crippen molar-refractivity contribution >= 4 is 17.4 Å². The van der Waals surface area contributed by atoms with Crippen LogP contribution in [0.2, 0.25) is 0 Å². The second-order valence-electron chi connectivity index (χ2n) is 3.74. The molecule has 0 spiro atoms. The average Bonchev–Trinajstić information content (AvgIpc) is 2.39. The molecule has 0 heterocycles. The van der Waals surface area contributed by atoms with Gasteiger partial charge in [0.15, 0.2) is 0 Å². The number of anilines is 1. The summed E-state index contributed by atoms with van der Waals surface area (Å²) >= 11 is 1.65. The molecule has 18 heavy (non-hydrogen) atoms. The molecule has 0 atom stereocenters. The topological polar surface area (TPSA) is 12.0 Å². The first-order valence-corrected chi connectivity index (χ1v) is 6.60. The maximum atomic E-state index is 12.7. The lowest BCUT2D eigenvalue weighted by Gasteiger charge is -2.06. The first-order valence-electron chi connectivity index (χ1n) is 5.62. The molecule has 0 amide bonds. The number of hydrogen-bond acceptors (Lipinski definition) is 2. The third-order valence-corrected chi connectivity index (χ3v) is 3.37. The molecule has 4 heteroatoms. The van der Waals surface area contributed by atoms with Gasteiger partial charge in [0.2, 0.25) is 0 Å². The number of halogens is 2. The molecule has 0 saturated heterocycles. The quantitative estimate of drug-likeness (QED) is 0.643. The predicted octanol–water partition coefficient (Wildman–Crippen LogP) is 4.17. The molecule has 0 unspecified atom stereocenters. The summed E-state index contributed by atoms with van der Waals surface area (Å²) in [6.07, 6.45) is 0. The van der Waals surface area contributed by atoms with Crippen LogP contribution >= 0.6 is 11.8 Å². The summed E-state index contributed by atoms with van der Waals surface area (Å²) in [6.45, 7) is 0.772. The Kier molecular flexibility index (Phi) is 4.59. The minimum Gasteiger partial charge on any atom is -0.384 e.